The second-order valence-corrected chi connectivity index (χ2v) is 4.47. The van der Waals surface area contributed by atoms with E-state index < -0.39 is 0 Å². The number of aromatic nitrogens is 3. The third-order valence-corrected chi connectivity index (χ3v) is 3.04. The summed E-state index contributed by atoms with van der Waals surface area (Å²) in [4.78, 5) is 0. The molecule has 6 nitrogen and oxygen atoms in total. The third kappa shape index (κ3) is 2.74. The molecule has 1 aromatic carbocycles. The summed E-state index contributed by atoms with van der Waals surface area (Å²) >= 11 is 0. The van der Waals surface area contributed by atoms with E-state index in [-0.39, 0.29) is 0 Å². The van der Waals surface area contributed by atoms with Crippen LogP contribution in [0, 0.1) is 0 Å². The number of fused-ring (bicyclic) bond motifs is 1. The zero-order valence-electron chi connectivity index (χ0n) is 11.7. The van der Waals surface area contributed by atoms with Gasteiger partial charge in [-0.2, -0.15) is 0 Å². The first-order valence-electron chi connectivity index (χ1n) is 6.71. The monoisotopic (exact) mass is 284 g/mol. The SMILES string of the molecule is CCOc1ccc(OCc2nnc3c(N)cccn23)cc1. The summed E-state index contributed by atoms with van der Waals surface area (Å²) in [5, 5.41) is 8.16. The Hall–Kier alpha value is -2.76. The van der Waals surface area contributed by atoms with Crippen molar-refractivity contribution >= 4 is 11.3 Å². The van der Waals surface area contributed by atoms with Gasteiger partial charge in [-0.15, -0.1) is 10.2 Å². The summed E-state index contributed by atoms with van der Waals surface area (Å²) in [6.07, 6.45) is 1.86. The van der Waals surface area contributed by atoms with Crippen molar-refractivity contribution in [1.29, 1.82) is 0 Å². The number of benzene rings is 1. The summed E-state index contributed by atoms with van der Waals surface area (Å²) in [6.45, 7) is 2.92. The highest BCUT2D eigenvalue weighted by atomic mass is 16.5. The van der Waals surface area contributed by atoms with E-state index >= 15 is 0 Å². The summed E-state index contributed by atoms with van der Waals surface area (Å²) < 4.78 is 12.9. The normalized spacial score (nSPS) is 10.7. The maximum atomic E-state index is 5.84. The first-order valence-corrected chi connectivity index (χ1v) is 6.71. The number of anilines is 1. The lowest BCUT2D eigenvalue weighted by atomic mass is 10.3. The molecule has 3 rings (SSSR count). The van der Waals surface area contributed by atoms with E-state index in [1.807, 2.05) is 47.9 Å². The van der Waals surface area contributed by atoms with Crippen molar-refractivity contribution in [2.24, 2.45) is 0 Å². The van der Waals surface area contributed by atoms with Crippen LogP contribution in [-0.2, 0) is 6.61 Å². The molecular weight excluding hydrogens is 268 g/mol. The van der Waals surface area contributed by atoms with Gasteiger partial charge in [-0.25, -0.2) is 0 Å². The topological polar surface area (TPSA) is 74.7 Å². The highest BCUT2D eigenvalue weighted by Gasteiger charge is 2.08. The first-order chi connectivity index (χ1) is 10.3. The largest absolute Gasteiger partial charge is 0.494 e. The Morgan fingerprint density at radius 2 is 1.76 bits per heavy atom. The van der Waals surface area contributed by atoms with Gasteiger partial charge in [0.25, 0.3) is 0 Å². The van der Waals surface area contributed by atoms with Crippen LogP contribution in [0.4, 0.5) is 5.69 Å². The van der Waals surface area contributed by atoms with E-state index in [0.717, 1.165) is 11.5 Å². The van der Waals surface area contributed by atoms with Crippen LogP contribution in [0.5, 0.6) is 11.5 Å². The Morgan fingerprint density at radius 1 is 1.05 bits per heavy atom. The maximum absolute atomic E-state index is 5.84. The number of nitrogens with two attached hydrogens (primary N) is 1. The van der Waals surface area contributed by atoms with Crippen molar-refractivity contribution in [2.75, 3.05) is 12.3 Å². The van der Waals surface area contributed by atoms with Crippen LogP contribution in [-0.4, -0.2) is 21.2 Å². The van der Waals surface area contributed by atoms with E-state index in [2.05, 4.69) is 10.2 Å². The number of hydrogen-bond donors (Lipinski definition) is 1. The molecule has 0 saturated heterocycles. The van der Waals surface area contributed by atoms with E-state index in [9.17, 15) is 0 Å². The van der Waals surface area contributed by atoms with Gasteiger partial charge in [-0.05, 0) is 43.3 Å². The van der Waals surface area contributed by atoms with Crippen LogP contribution < -0.4 is 15.2 Å². The van der Waals surface area contributed by atoms with E-state index in [1.54, 1.807) is 6.07 Å². The molecular formula is C15H16N4O2. The van der Waals surface area contributed by atoms with Gasteiger partial charge in [0.05, 0.1) is 12.3 Å². The first kappa shape index (κ1) is 13.2. The minimum absolute atomic E-state index is 0.318. The standard InChI is InChI=1S/C15H16N4O2/c1-2-20-11-5-7-12(8-6-11)21-10-14-17-18-15-13(16)4-3-9-19(14)15/h3-9H,2,10,16H2,1H3. The van der Waals surface area contributed by atoms with Crippen molar-refractivity contribution < 1.29 is 9.47 Å². The summed E-state index contributed by atoms with van der Waals surface area (Å²) in [6, 6.07) is 11.1. The van der Waals surface area contributed by atoms with Gasteiger partial charge in [0, 0.05) is 6.20 Å². The molecule has 2 aromatic heterocycles. The summed E-state index contributed by atoms with van der Waals surface area (Å²) in [7, 11) is 0. The number of nitrogens with zero attached hydrogens (tertiary/aromatic N) is 3. The Morgan fingerprint density at radius 3 is 2.48 bits per heavy atom. The highest BCUT2D eigenvalue weighted by molar-refractivity contribution is 5.63. The molecule has 0 bridgehead atoms. The van der Waals surface area contributed by atoms with E-state index in [1.165, 1.54) is 0 Å². The molecule has 21 heavy (non-hydrogen) atoms. The van der Waals surface area contributed by atoms with Crippen LogP contribution in [0.3, 0.4) is 0 Å². The van der Waals surface area contributed by atoms with Crippen LogP contribution in [0.2, 0.25) is 0 Å². The Bertz CT molecular complexity index is 737. The van der Waals surface area contributed by atoms with Gasteiger partial charge < -0.3 is 15.2 Å². The number of hydrogen-bond acceptors (Lipinski definition) is 5. The second kappa shape index (κ2) is 5.70. The van der Waals surface area contributed by atoms with Crippen LogP contribution in [0.1, 0.15) is 12.7 Å². The van der Waals surface area contributed by atoms with Crippen LogP contribution in [0.25, 0.3) is 5.65 Å². The smallest absolute Gasteiger partial charge is 0.184 e. The Kier molecular flexibility index (Phi) is 3.59. The molecule has 0 aliphatic carbocycles. The van der Waals surface area contributed by atoms with Gasteiger partial charge in [0.1, 0.15) is 18.1 Å². The van der Waals surface area contributed by atoms with Gasteiger partial charge in [0.2, 0.25) is 0 Å². The Balaban J connectivity index is 1.73. The molecule has 0 saturated carbocycles. The molecule has 0 spiro atoms. The average molecular weight is 284 g/mol. The lowest BCUT2D eigenvalue weighted by Gasteiger charge is -2.07. The maximum Gasteiger partial charge on any atom is 0.184 e. The zero-order chi connectivity index (χ0) is 14.7. The van der Waals surface area contributed by atoms with Gasteiger partial charge in [-0.3, -0.25) is 4.40 Å². The summed E-state index contributed by atoms with van der Waals surface area (Å²) in [5.74, 6) is 2.27. The van der Waals surface area contributed by atoms with Crippen molar-refractivity contribution in [3.8, 4) is 11.5 Å². The molecule has 0 fully saturated rings. The molecule has 2 N–H and O–H groups in total. The van der Waals surface area contributed by atoms with Gasteiger partial charge in [-0.1, -0.05) is 0 Å². The second-order valence-electron chi connectivity index (χ2n) is 4.47. The molecule has 108 valence electrons. The number of rotatable bonds is 5. The fourth-order valence-electron chi connectivity index (χ4n) is 2.03. The molecule has 0 aliphatic rings. The molecule has 2 heterocycles. The molecule has 6 heteroatoms. The molecule has 0 unspecified atom stereocenters. The lowest BCUT2D eigenvalue weighted by Crippen LogP contribution is -2.02. The van der Waals surface area contributed by atoms with Crippen molar-refractivity contribution in [3.63, 3.8) is 0 Å². The molecule has 0 aliphatic heterocycles. The average Bonchev–Trinajstić information content (AvgIpc) is 2.92. The fourth-order valence-corrected chi connectivity index (χ4v) is 2.03. The van der Waals surface area contributed by atoms with Crippen LogP contribution in [0.15, 0.2) is 42.6 Å². The zero-order valence-corrected chi connectivity index (χ0v) is 11.7. The predicted molar refractivity (Wildman–Crippen MR) is 79.3 cm³/mol. The molecule has 0 atom stereocenters. The highest BCUT2D eigenvalue weighted by Crippen LogP contribution is 2.19. The lowest BCUT2D eigenvalue weighted by molar-refractivity contribution is 0.293. The predicted octanol–water partition coefficient (Wildman–Crippen LogP) is 2.29. The van der Waals surface area contributed by atoms with Crippen molar-refractivity contribution in [2.45, 2.75) is 13.5 Å². The number of pyridine rings is 1. The minimum atomic E-state index is 0.318. The molecule has 3 aromatic rings. The van der Waals surface area contributed by atoms with Gasteiger partial charge >= 0.3 is 0 Å². The van der Waals surface area contributed by atoms with Crippen molar-refractivity contribution in [1.82, 2.24) is 14.6 Å². The van der Waals surface area contributed by atoms with E-state index in [4.69, 9.17) is 15.2 Å². The Labute approximate surface area is 122 Å². The minimum Gasteiger partial charge on any atom is -0.494 e. The summed E-state index contributed by atoms with van der Waals surface area (Å²) in [5.41, 5.74) is 7.08. The van der Waals surface area contributed by atoms with Crippen LogP contribution >= 0.6 is 0 Å². The number of nitrogen functional groups attached to an aromatic ring is 1. The third-order valence-electron chi connectivity index (χ3n) is 3.04. The van der Waals surface area contributed by atoms with Gasteiger partial charge in [0.15, 0.2) is 11.5 Å². The van der Waals surface area contributed by atoms with E-state index in [0.29, 0.717) is 30.4 Å². The number of ether oxygens (including phenoxy) is 2. The molecule has 0 radical (unpaired) electrons. The molecule has 0 amide bonds. The fraction of sp³-hybridized carbons (Fsp3) is 0.200. The van der Waals surface area contributed by atoms with Crippen molar-refractivity contribution in [3.05, 3.63) is 48.4 Å². The quantitative estimate of drug-likeness (QED) is 0.778.